The van der Waals surface area contributed by atoms with Gasteiger partial charge in [0.05, 0.1) is 6.54 Å². The Hall–Kier alpha value is -1.84. The number of ketones is 1. The number of aromatic nitrogens is 1. The second kappa shape index (κ2) is 5.65. The van der Waals surface area contributed by atoms with Gasteiger partial charge in [-0.1, -0.05) is 6.08 Å². The second-order valence-electron chi connectivity index (χ2n) is 3.72. The summed E-state index contributed by atoms with van der Waals surface area (Å²) in [4.78, 5) is 15.7. The van der Waals surface area contributed by atoms with Gasteiger partial charge >= 0.3 is 10.2 Å². The number of nitrogens with zero attached hydrogens (tertiary/aromatic N) is 3. The van der Waals surface area contributed by atoms with Gasteiger partial charge in [0.2, 0.25) is 5.78 Å². The molecule has 2 rings (SSSR count). The summed E-state index contributed by atoms with van der Waals surface area (Å²) < 4.78 is 28.6. The highest BCUT2D eigenvalue weighted by atomic mass is 32.2. The first-order valence-electron chi connectivity index (χ1n) is 5.48. The highest BCUT2D eigenvalue weighted by molar-refractivity contribution is 7.88. The molecule has 1 aromatic heterocycles. The summed E-state index contributed by atoms with van der Waals surface area (Å²) in [6.07, 6.45) is 4.15. The van der Waals surface area contributed by atoms with Crippen molar-refractivity contribution in [1.29, 1.82) is 0 Å². The Morgan fingerprint density at radius 3 is 2.85 bits per heavy atom. The topological polar surface area (TPSA) is 99.9 Å². The Kier molecular flexibility index (Phi) is 4.12. The van der Waals surface area contributed by atoms with Crippen molar-refractivity contribution in [2.45, 2.75) is 0 Å². The molecule has 7 nitrogen and oxygen atoms in total. The van der Waals surface area contributed by atoms with E-state index in [1.54, 1.807) is 5.38 Å². The molecule has 9 heteroatoms. The molecule has 106 valence electrons. The van der Waals surface area contributed by atoms with Crippen LogP contribution < -0.4 is 0 Å². The molecule has 20 heavy (non-hydrogen) atoms. The average molecular weight is 313 g/mol. The third-order valence-electron chi connectivity index (χ3n) is 2.41. The van der Waals surface area contributed by atoms with Gasteiger partial charge < -0.3 is 5.11 Å². The maximum Gasteiger partial charge on any atom is 0.345 e. The van der Waals surface area contributed by atoms with E-state index < -0.39 is 22.6 Å². The number of hydrogen-bond acceptors (Lipinski definition) is 6. The lowest BCUT2D eigenvalue weighted by Crippen LogP contribution is -2.37. The Balaban J connectivity index is 2.56. The maximum absolute atomic E-state index is 12.1. The first-order valence-corrected chi connectivity index (χ1v) is 7.76. The number of Topliss-reactive ketones (excluding diaryl/α,β-unsaturated/α-hetero) is 1. The molecule has 1 aliphatic rings. The van der Waals surface area contributed by atoms with Crippen LogP contribution in [0, 0.1) is 0 Å². The molecule has 0 aliphatic carbocycles. The quantitative estimate of drug-likeness (QED) is 0.779. The fourth-order valence-corrected chi connectivity index (χ4v) is 3.43. The minimum Gasteiger partial charge on any atom is -0.388 e. The Labute approximate surface area is 119 Å². The van der Waals surface area contributed by atoms with E-state index in [4.69, 9.17) is 5.11 Å². The average Bonchev–Trinajstić information content (AvgIpc) is 2.93. The summed E-state index contributed by atoms with van der Waals surface area (Å²) in [6.45, 7) is 2.55. The molecule has 0 atom stereocenters. The van der Waals surface area contributed by atoms with Crippen molar-refractivity contribution in [3.8, 4) is 0 Å². The number of aliphatic hydroxyl groups excluding tert-OH is 1. The third-order valence-corrected chi connectivity index (χ3v) is 4.54. The number of rotatable bonds is 5. The standard InChI is InChI=1S/C11H11N3O4S2/c1-2-4-14-9(10(16)7-15)6-8(13-20(14,17)18)11-12-3-5-19-11/h2-3,5-6,15H,1,4,7H2. The van der Waals surface area contributed by atoms with Crippen molar-refractivity contribution in [3.63, 3.8) is 0 Å². The monoisotopic (exact) mass is 313 g/mol. The van der Waals surface area contributed by atoms with E-state index in [2.05, 4.69) is 16.0 Å². The van der Waals surface area contributed by atoms with Crippen LogP contribution in [0.1, 0.15) is 5.01 Å². The number of carbonyl (C=O) groups is 1. The largest absolute Gasteiger partial charge is 0.388 e. The Morgan fingerprint density at radius 1 is 1.55 bits per heavy atom. The van der Waals surface area contributed by atoms with Crippen LogP contribution >= 0.6 is 11.3 Å². The molecule has 2 heterocycles. The number of hydrogen-bond donors (Lipinski definition) is 1. The molecular formula is C11H11N3O4S2. The van der Waals surface area contributed by atoms with Crippen LogP contribution in [-0.4, -0.2) is 47.5 Å². The van der Waals surface area contributed by atoms with Gasteiger partial charge in [0.15, 0.2) is 0 Å². The van der Waals surface area contributed by atoms with Crippen molar-refractivity contribution in [1.82, 2.24) is 9.29 Å². The van der Waals surface area contributed by atoms with E-state index >= 15 is 0 Å². The molecule has 0 unspecified atom stereocenters. The van der Waals surface area contributed by atoms with Crippen LogP contribution in [0.4, 0.5) is 0 Å². The van der Waals surface area contributed by atoms with Crippen molar-refractivity contribution in [2.75, 3.05) is 13.2 Å². The van der Waals surface area contributed by atoms with Gasteiger partial charge in [-0.05, 0) is 6.08 Å². The summed E-state index contributed by atoms with van der Waals surface area (Å²) in [6, 6.07) is 0. The van der Waals surface area contributed by atoms with Gasteiger partial charge in [-0.15, -0.1) is 22.3 Å². The lowest BCUT2D eigenvalue weighted by molar-refractivity contribution is -0.119. The van der Waals surface area contributed by atoms with Crippen LogP contribution in [-0.2, 0) is 15.0 Å². The summed E-state index contributed by atoms with van der Waals surface area (Å²) in [5.74, 6) is -0.709. The molecule has 0 bridgehead atoms. The lowest BCUT2D eigenvalue weighted by Gasteiger charge is -2.25. The van der Waals surface area contributed by atoms with Gasteiger partial charge in [0.1, 0.15) is 23.0 Å². The predicted molar refractivity (Wildman–Crippen MR) is 74.6 cm³/mol. The molecule has 1 aliphatic heterocycles. The highest BCUT2D eigenvalue weighted by Crippen LogP contribution is 2.22. The van der Waals surface area contributed by atoms with Crippen molar-refractivity contribution >= 4 is 33.0 Å². The zero-order chi connectivity index (χ0) is 14.8. The Morgan fingerprint density at radius 2 is 2.30 bits per heavy atom. The normalized spacial score (nSPS) is 17.4. The van der Waals surface area contributed by atoms with E-state index in [1.807, 2.05) is 0 Å². The van der Waals surface area contributed by atoms with Gasteiger partial charge in [-0.2, -0.15) is 8.42 Å². The molecular weight excluding hydrogens is 302 g/mol. The SMILES string of the molecule is C=CCN1C(C(=O)CO)=CC(c2nccs2)=NS1(=O)=O. The van der Waals surface area contributed by atoms with E-state index in [-0.39, 0.29) is 18.0 Å². The molecule has 0 amide bonds. The van der Waals surface area contributed by atoms with Gasteiger partial charge in [-0.25, -0.2) is 9.29 Å². The van der Waals surface area contributed by atoms with Crippen LogP contribution in [0.25, 0.3) is 0 Å². The van der Waals surface area contributed by atoms with Gasteiger partial charge in [0, 0.05) is 11.6 Å². The summed E-state index contributed by atoms with van der Waals surface area (Å²) >= 11 is 1.20. The summed E-state index contributed by atoms with van der Waals surface area (Å²) in [5.41, 5.74) is -0.0651. The van der Waals surface area contributed by atoms with E-state index in [0.717, 1.165) is 4.31 Å². The lowest BCUT2D eigenvalue weighted by atomic mass is 10.2. The zero-order valence-corrected chi connectivity index (χ0v) is 11.9. The second-order valence-corrected chi connectivity index (χ2v) is 6.14. The van der Waals surface area contributed by atoms with Crippen molar-refractivity contribution in [3.05, 3.63) is 41.0 Å². The van der Waals surface area contributed by atoms with E-state index in [9.17, 15) is 13.2 Å². The Bertz CT molecular complexity index is 689. The number of allylic oxidation sites excluding steroid dienone is 1. The minimum absolute atomic E-state index is 0.0807. The molecule has 0 aromatic carbocycles. The van der Waals surface area contributed by atoms with Crippen LogP contribution in [0.2, 0.25) is 0 Å². The molecule has 1 N–H and O–H groups in total. The number of carbonyl (C=O) groups excluding carboxylic acids is 1. The molecule has 0 spiro atoms. The molecule has 0 fully saturated rings. The third kappa shape index (κ3) is 2.69. The van der Waals surface area contributed by atoms with Crippen LogP contribution in [0.5, 0.6) is 0 Å². The van der Waals surface area contributed by atoms with E-state index in [1.165, 1.54) is 29.7 Å². The maximum atomic E-state index is 12.1. The fraction of sp³-hybridized carbons (Fsp3) is 0.182. The molecule has 0 radical (unpaired) electrons. The molecule has 1 aromatic rings. The van der Waals surface area contributed by atoms with Gasteiger partial charge in [0.25, 0.3) is 0 Å². The first kappa shape index (κ1) is 14.6. The summed E-state index contributed by atoms with van der Waals surface area (Å²) in [7, 11) is -4.05. The number of thiazole rings is 1. The highest BCUT2D eigenvalue weighted by Gasteiger charge is 2.32. The van der Waals surface area contributed by atoms with Crippen molar-refractivity contribution in [2.24, 2.45) is 4.40 Å². The first-order chi connectivity index (χ1) is 9.49. The zero-order valence-electron chi connectivity index (χ0n) is 10.3. The smallest absolute Gasteiger partial charge is 0.345 e. The predicted octanol–water partition coefficient (Wildman–Crippen LogP) is 0.124. The minimum atomic E-state index is -4.05. The summed E-state index contributed by atoms with van der Waals surface area (Å²) in [5, 5.41) is 11.0. The van der Waals surface area contributed by atoms with Crippen molar-refractivity contribution < 1.29 is 18.3 Å². The molecule has 0 saturated carbocycles. The van der Waals surface area contributed by atoms with Gasteiger partial charge in [-0.3, -0.25) is 4.79 Å². The molecule has 0 saturated heterocycles. The van der Waals surface area contributed by atoms with Crippen LogP contribution in [0.15, 0.2) is 40.4 Å². The number of aliphatic hydroxyl groups is 1. The fourth-order valence-electron chi connectivity index (χ4n) is 1.59. The van der Waals surface area contributed by atoms with Crippen LogP contribution in [0.3, 0.4) is 0 Å². The van der Waals surface area contributed by atoms with E-state index in [0.29, 0.717) is 5.01 Å².